The molecule has 1 amide bonds. The van der Waals surface area contributed by atoms with Gasteiger partial charge in [0, 0.05) is 17.8 Å². The number of primary amides is 1. The fraction of sp³-hybridized carbons (Fsp3) is 0.0714. The SMILES string of the molecule is NC(=O)c1[c]ccn2nc(-c3cccc(OCF)c3)nc12. The van der Waals surface area contributed by atoms with Gasteiger partial charge in [-0.3, -0.25) is 4.79 Å². The minimum atomic E-state index is -0.914. The number of carbonyl (C=O) groups excluding carboxylic acids is 1. The molecule has 2 N–H and O–H groups in total. The lowest BCUT2D eigenvalue weighted by molar-refractivity contribution is 0.100. The second kappa shape index (κ2) is 5.20. The molecule has 0 fully saturated rings. The van der Waals surface area contributed by atoms with Crippen molar-refractivity contribution < 1.29 is 13.9 Å². The number of pyridine rings is 1. The van der Waals surface area contributed by atoms with Crippen LogP contribution in [0.4, 0.5) is 4.39 Å². The highest BCUT2D eigenvalue weighted by molar-refractivity contribution is 5.98. The quantitative estimate of drug-likeness (QED) is 0.789. The monoisotopic (exact) mass is 285 g/mol. The second-order valence-electron chi connectivity index (χ2n) is 4.18. The summed E-state index contributed by atoms with van der Waals surface area (Å²) in [4.78, 5) is 15.6. The summed E-state index contributed by atoms with van der Waals surface area (Å²) in [5.74, 6) is 0.117. The molecule has 0 saturated heterocycles. The molecule has 1 radical (unpaired) electrons. The fourth-order valence-corrected chi connectivity index (χ4v) is 1.95. The average molecular weight is 285 g/mol. The Morgan fingerprint density at radius 2 is 2.33 bits per heavy atom. The minimum Gasteiger partial charge on any atom is -0.463 e. The van der Waals surface area contributed by atoms with E-state index in [-0.39, 0.29) is 5.56 Å². The zero-order chi connectivity index (χ0) is 14.8. The normalized spacial score (nSPS) is 10.7. The predicted molar refractivity (Wildman–Crippen MR) is 72.4 cm³/mol. The molecule has 2 heterocycles. The van der Waals surface area contributed by atoms with Crippen LogP contribution in [0, 0.1) is 6.07 Å². The Balaban J connectivity index is 2.11. The number of fused-ring (bicyclic) bond motifs is 1. The highest BCUT2D eigenvalue weighted by Crippen LogP contribution is 2.22. The molecule has 3 rings (SSSR count). The summed E-state index contributed by atoms with van der Waals surface area (Å²) in [5, 5.41) is 4.26. The Hall–Kier alpha value is -2.96. The second-order valence-corrected chi connectivity index (χ2v) is 4.18. The van der Waals surface area contributed by atoms with Gasteiger partial charge in [0.25, 0.3) is 5.91 Å². The van der Waals surface area contributed by atoms with Crippen LogP contribution < -0.4 is 10.5 Å². The van der Waals surface area contributed by atoms with Gasteiger partial charge in [-0.1, -0.05) is 12.1 Å². The molecule has 2 aromatic heterocycles. The van der Waals surface area contributed by atoms with E-state index >= 15 is 0 Å². The zero-order valence-electron chi connectivity index (χ0n) is 10.8. The molecule has 0 aliphatic heterocycles. The van der Waals surface area contributed by atoms with Crippen LogP contribution >= 0.6 is 0 Å². The van der Waals surface area contributed by atoms with Crippen molar-refractivity contribution in [2.75, 3.05) is 6.86 Å². The molecule has 3 aromatic rings. The molecule has 21 heavy (non-hydrogen) atoms. The summed E-state index contributed by atoms with van der Waals surface area (Å²) in [7, 11) is 0. The third-order valence-corrected chi connectivity index (χ3v) is 2.86. The van der Waals surface area contributed by atoms with Gasteiger partial charge in [0.05, 0.1) is 5.56 Å². The number of alkyl halides is 1. The summed E-state index contributed by atoms with van der Waals surface area (Å²) in [5.41, 5.74) is 6.39. The number of carbonyl (C=O) groups is 1. The van der Waals surface area contributed by atoms with Crippen LogP contribution in [0.5, 0.6) is 5.75 Å². The first-order valence-corrected chi connectivity index (χ1v) is 6.05. The highest BCUT2D eigenvalue weighted by Gasteiger charge is 2.13. The van der Waals surface area contributed by atoms with Crippen LogP contribution in [0.25, 0.3) is 17.0 Å². The van der Waals surface area contributed by atoms with Crippen LogP contribution in [0.1, 0.15) is 10.4 Å². The largest absolute Gasteiger partial charge is 0.463 e. The van der Waals surface area contributed by atoms with Gasteiger partial charge in [-0.15, -0.1) is 5.10 Å². The molecule has 0 aliphatic carbocycles. The summed E-state index contributed by atoms with van der Waals surface area (Å²) < 4.78 is 18.4. The van der Waals surface area contributed by atoms with E-state index in [2.05, 4.69) is 16.1 Å². The maximum atomic E-state index is 12.2. The standard InChI is InChI=1S/C14H10FN4O2/c15-8-21-10-4-1-3-9(7-10)13-17-14-11(12(16)20)5-2-6-19(14)18-13/h1-4,6-7H,8H2,(H2,16,20). The maximum Gasteiger partial charge on any atom is 0.253 e. The number of amides is 1. The van der Waals surface area contributed by atoms with Crippen LogP contribution in [0.3, 0.4) is 0 Å². The number of aromatic nitrogens is 3. The van der Waals surface area contributed by atoms with E-state index in [0.29, 0.717) is 22.8 Å². The van der Waals surface area contributed by atoms with Crippen molar-refractivity contribution in [2.45, 2.75) is 0 Å². The van der Waals surface area contributed by atoms with Gasteiger partial charge in [-0.25, -0.2) is 13.9 Å². The maximum absolute atomic E-state index is 12.2. The Bertz CT molecular complexity index is 816. The lowest BCUT2D eigenvalue weighted by atomic mass is 10.2. The number of hydrogen-bond donors (Lipinski definition) is 1. The molecular formula is C14H10FN4O2. The van der Waals surface area contributed by atoms with Gasteiger partial charge in [0.15, 0.2) is 11.5 Å². The van der Waals surface area contributed by atoms with Crippen LogP contribution in [-0.2, 0) is 0 Å². The molecule has 0 spiro atoms. The summed E-state index contributed by atoms with van der Waals surface area (Å²) in [6, 6.07) is 11.0. The molecule has 105 valence electrons. The first-order chi connectivity index (χ1) is 10.2. The van der Waals surface area contributed by atoms with Crippen LogP contribution in [0.2, 0.25) is 0 Å². The van der Waals surface area contributed by atoms with Crippen molar-refractivity contribution in [3.8, 4) is 17.1 Å². The number of nitrogens with two attached hydrogens (primary N) is 1. The predicted octanol–water partition coefficient (Wildman–Crippen LogP) is 1.60. The number of hydrogen-bond acceptors (Lipinski definition) is 4. The molecule has 0 unspecified atom stereocenters. The third-order valence-electron chi connectivity index (χ3n) is 2.86. The first-order valence-electron chi connectivity index (χ1n) is 6.05. The van der Waals surface area contributed by atoms with E-state index in [1.54, 1.807) is 30.5 Å². The average Bonchev–Trinajstić information content (AvgIpc) is 2.91. The molecule has 1 aromatic carbocycles. The lowest BCUT2D eigenvalue weighted by Crippen LogP contribution is -2.12. The van der Waals surface area contributed by atoms with E-state index in [4.69, 9.17) is 10.5 Å². The molecule has 0 aliphatic rings. The summed E-state index contributed by atoms with van der Waals surface area (Å²) in [6.07, 6.45) is 1.61. The fourth-order valence-electron chi connectivity index (χ4n) is 1.95. The molecule has 7 heteroatoms. The highest BCUT2D eigenvalue weighted by atomic mass is 19.1. The minimum absolute atomic E-state index is 0.160. The number of benzene rings is 1. The van der Waals surface area contributed by atoms with E-state index in [0.717, 1.165) is 0 Å². The van der Waals surface area contributed by atoms with Gasteiger partial charge >= 0.3 is 0 Å². The van der Waals surface area contributed by atoms with Crippen LogP contribution in [-0.4, -0.2) is 27.4 Å². The van der Waals surface area contributed by atoms with Crippen molar-refractivity contribution in [3.63, 3.8) is 0 Å². The van der Waals surface area contributed by atoms with Gasteiger partial charge in [0.1, 0.15) is 5.75 Å². The molecule has 0 bridgehead atoms. The Kier molecular flexibility index (Phi) is 3.23. The van der Waals surface area contributed by atoms with Crippen molar-refractivity contribution in [2.24, 2.45) is 5.73 Å². The van der Waals surface area contributed by atoms with Crippen molar-refractivity contribution >= 4 is 11.6 Å². The number of nitrogens with zero attached hydrogens (tertiary/aromatic N) is 3. The summed E-state index contributed by atoms with van der Waals surface area (Å²) >= 11 is 0. The van der Waals surface area contributed by atoms with E-state index in [9.17, 15) is 9.18 Å². The van der Waals surface area contributed by atoms with E-state index in [1.807, 2.05) is 0 Å². The van der Waals surface area contributed by atoms with Gasteiger partial charge < -0.3 is 10.5 Å². The van der Waals surface area contributed by atoms with Gasteiger partial charge in [-0.05, 0) is 18.2 Å². The number of ether oxygens (including phenoxy) is 1. The van der Waals surface area contributed by atoms with Gasteiger partial charge in [0.2, 0.25) is 6.86 Å². The van der Waals surface area contributed by atoms with Gasteiger partial charge in [-0.2, -0.15) is 0 Å². The molecule has 6 nitrogen and oxygen atoms in total. The smallest absolute Gasteiger partial charge is 0.253 e. The van der Waals surface area contributed by atoms with Crippen molar-refractivity contribution in [1.29, 1.82) is 0 Å². The molecular weight excluding hydrogens is 275 g/mol. The molecule has 0 saturated carbocycles. The summed E-state index contributed by atoms with van der Waals surface area (Å²) in [6.45, 7) is -0.914. The lowest BCUT2D eigenvalue weighted by Gasteiger charge is -2.01. The van der Waals surface area contributed by atoms with Crippen molar-refractivity contribution in [3.05, 3.63) is 48.2 Å². The van der Waals surface area contributed by atoms with Crippen LogP contribution in [0.15, 0.2) is 36.5 Å². The van der Waals surface area contributed by atoms with E-state index < -0.39 is 12.8 Å². The number of halogens is 1. The zero-order valence-corrected chi connectivity index (χ0v) is 10.8. The Morgan fingerprint density at radius 1 is 1.48 bits per heavy atom. The topological polar surface area (TPSA) is 82.5 Å². The third kappa shape index (κ3) is 2.40. The Morgan fingerprint density at radius 3 is 3.10 bits per heavy atom. The molecule has 0 atom stereocenters. The van der Waals surface area contributed by atoms with E-state index in [1.165, 1.54) is 10.6 Å². The Labute approximate surface area is 119 Å². The van der Waals surface area contributed by atoms with Crippen molar-refractivity contribution in [1.82, 2.24) is 14.6 Å². The first kappa shape index (κ1) is 13.0. The number of rotatable bonds is 4.